The van der Waals surface area contributed by atoms with Crippen LogP contribution in [-0.2, 0) is 0 Å². The summed E-state index contributed by atoms with van der Waals surface area (Å²) in [5.41, 5.74) is 6.50. The number of nitriles is 1. The van der Waals surface area contributed by atoms with Gasteiger partial charge in [0, 0.05) is 13.1 Å². The number of thiophene rings is 1. The van der Waals surface area contributed by atoms with E-state index in [0.717, 1.165) is 18.1 Å². The van der Waals surface area contributed by atoms with Crippen LogP contribution in [0.2, 0.25) is 0 Å². The summed E-state index contributed by atoms with van der Waals surface area (Å²) >= 11 is 1.45. The maximum atomic E-state index is 9.10. The van der Waals surface area contributed by atoms with Gasteiger partial charge in [-0.2, -0.15) is 5.26 Å². The van der Waals surface area contributed by atoms with Crippen molar-refractivity contribution in [3.05, 3.63) is 4.88 Å². The molecule has 1 aliphatic rings. The Hall–Kier alpha value is -1.41. The van der Waals surface area contributed by atoms with Crippen molar-refractivity contribution in [1.29, 1.82) is 5.26 Å². The van der Waals surface area contributed by atoms with Gasteiger partial charge in [-0.25, -0.2) is 0 Å². The largest absolute Gasteiger partial charge is 0.486 e. The van der Waals surface area contributed by atoms with Gasteiger partial charge in [-0.1, -0.05) is 0 Å². The first-order valence-corrected chi connectivity index (χ1v) is 7.19. The predicted octanol–water partition coefficient (Wildman–Crippen LogP) is 2.98. The third-order valence-corrected chi connectivity index (χ3v) is 4.13. The zero-order chi connectivity index (χ0) is 13.1. The Kier molecular flexibility index (Phi) is 3.97. The van der Waals surface area contributed by atoms with E-state index in [0.29, 0.717) is 16.3 Å². The van der Waals surface area contributed by atoms with Crippen molar-refractivity contribution in [2.24, 2.45) is 0 Å². The van der Waals surface area contributed by atoms with Gasteiger partial charge < -0.3 is 15.4 Å². The molecule has 0 saturated carbocycles. The Morgan fingerprint density at radius 1 is 1.33 bits per heavy atom. The first-order valence-electron chi connectivity index (χ1n) is 6.37. The molecule has 0 aromatic carbocycles. The minimum atomic E-state index is 0.0667. The fourth-order valence-electron chi connectivity index (χ4n) is 2.15. The van der Waals surface area contributed by atoms with E-state index in [1.54, 1.807) is 0 Å². The minimum Gasteiger partial charge on any atom is -0.486 e. The van der Waals surface area contributed by atoms with Gasteiger partial charge in [-0.3, -0.25) is 0 Å². The second-order valence-corrected chi connectivity index (χ2v) is 5.80. The number of piperidine rings is 1. The van der Waals surface area contributed by atoms with E-state index < -0.39 is 0 Å². The van der Waals surface area contributed by atoms with Gasteiger partial charge in [-0.05, 0) is 33.1 Å². The summed E-state index contributed by atoms with van der Waals surface area (Å²) in [5.74, 6) is 0.702. The molecule has 0 aliphatic carbocycles. The highest BCUT2D eigenvalue weighted by atomic mass is 32.1. The molecule has 98 valence electrons. The van der Waals surface area contributed by atoms with Crippen LogP contribution in [0.15, 0.2) is 0 Å². The van der Waals surface area contributed by atoms with Gasteiger partial charge in [0.25, 0.3) is 0 Å². The minimum absolute atomic E-state index is 0.0667. The topological polar surface area (TPSA) is 62.3 Å². The Morgan fingerprint density at radius 3 is 2.56 bits per heavy atom. The maximum Gasteiger partial charge on any atom is 0.178 e. The first-order chi connectivity index (χ1) is 8.63. The average Bonchev–Trinajstić information content (AvgIpc) is 2.67. The molecule has 0 bridgehead atoms. The molecule has 2 rings (SSSR count). The van der Waals surface area contributed by atoms with Gasteiger partial charge in [0.15, 0.2) is 5.75 Å². The molecule has 18 heavy (non-hydrogen) atoms. The van der Waals surface area contributed by atoms with Gasteiger partial charge in [-0.15, -0.1) is 11.3 Å². The molecule has 2 N–H and O–H groups in total. The van der Waals surface area contributed by atoms with E-state index in [2.05, 4.69) is 11.0 Å². The van der Waals surface area contributed by atoms with Gasteiger partial charge in [0.2, 0.25) is 0 Å². The van der Waals surface area contributed by atoms with Gasteiger partial charge >= 0.3 is 0 Å². The van der Waals surface area contributed by atoms with Crippen LogP contribution in [0.25, 0.3) is 0 Å². The number of rotatable bonds is 3. The molecule has 1 aromatic heterocycles. The van der Waals surface area contributed by atoms with Crippen molar-refractivity contribution in [3.8, 4) is 11.8 Å². The lowest BCUT2D eigenvalue weighted by molar-refractivity contribution is 0.245. The van der Waals surface area contributed by atoms with Crippen LogP contribution < -0.4 is 15.4 Å². The molecule has 0 spiro atoms. The Labute approximate surface area is 112 Å². The molecule has 0 atom stereocenters. The van der Waals surface area contributed by atoms with E-state index in [1.165, 1.54) is 30.6 Å². The molecule has 0 radical (unpaired) electrons. The number of anilines is 2. The monoisotopic (exact) mass is 265 g/mol. The highest BCUT2D eigenvalue weighted by Gasteiger charge is 2.24. The lowest BCUT2D eigenvalue weighted by Gasteiger charge is -2.28. The number of nitrogens with zero attached hydrogens (tertiary/aromatic N) is 2. The normalized spacial score (nSPS) is 15.8. The summed E-state index contributed by atoms with van der Waals surface area (Å²) in [4.78, 5) is 2.86. The van der Waals surface area contributed by atoms with Crippen molar-refractivity contribution < 1.29 is 4.74 Å². The third kappa shape index (κ3) is 2.54. The highest BCUT2D eigenvalue weighted by Crippen LogP contribution is 2.45. The van der Waals surface area contributed by atoms with Crippen molar-refractivity contribution in [3.63, 3.8) is 0 Å². The van der Waals surface area contributed by atoms with Crippen LogP contribution in [0.3, 0.4) is 0 Å². The van der Waals surface area contributed by atoms with Crippen LogP contribution in [0.4, 0.5) is 10.7 Å². The summed E-state index contributed by atoms with van der Waals surface area (Å²) in [7, 11) is 0. The lowest BCUT2D eigenvalue weighted by atomic mass is 10.1. The van der Waals surface area contributed by atoms with E-state index >= 15 is 0 Å². The quantitative estimate of drug-likeness (QED) is 0.912. The number of nitrogens with two attached hydrogens (primary N) is 1. The molecule has 0 amide bonds. The molecule has 5 heteroatoms. The summed E-state index contributed by atoms with van der Waals surface area (Å²) < 4.78 is 5.80. The van der Waals surface area contributed by atoms with Crippen LogP contribution >= 0.6 is 11.3 Å². The molecule has 1 aromatic rings. The zero-order valence-corrected chi connectivity index (χ0v) is 11.7. The second kappa shape index (κ2) is 5.49. The number of ether oxygens (including phenoxy) is 1. The second-order valence-electron chi connectivity index (χ2n) is 4.81. The number of hydrogen-bond acceptors (Lipinski definition) is 5. The van der Waals surface area contributed by atoms with E-state index in [1.807, 2.05) is 13.8 Å². The number of nitrogen functional groups attached to an aromatic ring is 1. The smallest absolute Gasteiger partial charge is 0.178 e. The summed E-state index contributed by atoms with van der Waals surface area (Å²) in [6.45, 7) is 6.00. The van der Waals surface area contributed by atoms with Crippen molar-refractivity contribution in [2.75, 3.05) is 23.7 Å². The first kappa shape index (κ1) is 13.0. The van der Waals surface area contributed by atoms with E-state index in [9.17, 15) is 0 Å². The Morgan fingerprint density at radius 2 is 2.00 bits per heavy atom. The SMILES string of the molecule is CC(C)Oc1c(N2CCCCC2)sc(C#N)c1N. The Balaban J connectivity index is 2.35. The molecule has 1 aliphatic heterocycles. The fourth-order valence-corrected chi connectivity index (χ4v) is 3.16. The van der Waals surface area contributed by atoms with Crippen molar-refractivity contribution >= 4 is 22.0 Å². The summed E-state index contributed by atoms with van der Waals surface area (Å²) in [6.07, 6.45) is 3.74. The van der Waals surface area contributed by atoms with Crippen molar-refractivity contribution in [1.82, 2.24) is 0 Å². The molecular formula is C13H19N3OS. The summed E-state index contributed by atoms with van der Waals surface area (Å²) in [6, 6.07) is 2.16. The molecule has 4 nitrogen and oxygen atoms in total. The molecule has 0 unspecified atom stereocenters. The lowest BCUT2D eigenvalue weighted by Crippen LogP contribution is -2.29. The van der Waals surface area contributed by atoms with Crippen LogP contribution in [-0.4, -0.2) is 19.2 Å². The number of hydrogen-bond donors (Lipinski definition) is 1. The summed E-state index contributed by atoms with van der Waals surface area (Å²) in [5, 5.41) is 10.1. The zero-order valence-electron chi connectivity index (χ0n) is 10.9. The highest BCUT2D eigenvalue weighted by molar-refractivity contribution is 7.17. The van der Waals surface area contributed by atoms with Gasteiger partial charge in [0.05, 0.1) is 6.10 Å². The van der Waals surface area contributed by atoms with Crippen LogP contribution in [0.1, 0.15) is 38.0 Å². The van der Waals surface area contributed by atoms with Crippen LogP contribution in [0, 0.1) is 11.3 Å². The molecular weight excluding hydrogens is 246 g/mol. The van der Waals surface area contributed by atoms with Gasteiger partial charge in [0.1, 0.15) is 21.6 Å². The third-order valence-electron chi connectivity index (χ3n) is 2.98. The predicted molar refractivity (Wildman–Crippen MR) is 75.3 cm³/mol. The molecule has 1 fully saturated rings. The standard InChI is InChI=1S/C13H19N3OS/c1-9(2)17-12-11(15)10(8-14)18-13(12)16-6-4-3-5-7-16/h9H,3-7,15H2,1-2H3. The van der Waals surface area contributed by atoms with Crippen molar-refractivity contribution in [2.45, 2.75) is 39.2 Å². The molecule has 2 heterocycles. The average molecular weight is 265 g/mol. The van der Waals surface area contributed by atoms with E-state index in [4.69, 9.17) is 15.7 Å². The van der Waals surface area contributed by atoms with E-state index in [-0.39, 0.29) is 6.10 Å². The van der Waals surface area contributed by atoms with Crippen LogP contribution in [0.5, 0.6) is 5.75 Å². The molecule has 1 saturated heterocycles. The maximum absolute atomic E-state index is 9.10. The Bertz CT molecular complexity index is 456. The fraction of sp³-hybridized carbons (Fsp3) is 0.615.